The first-order chi connectivity index (χ1) is 8.11. The summed E-state index contributed by atoms with van der Waals surface area (Å²) >= 11 is 0. The summed E-state index contributed by atoms with van der Waals surface area (Å²) in [6.07, 6.45) is 4.91. The van der Waals surface area contributed by atoms with Gasteiger partial charge < -0.3 is 5.11 Å². The third-order valence-corrected chi connectivity index (χ3v) is 3.24. The zero-order chi connectivity index (χ0) is 12.4. The van der Waals surface area contributed by atoms with Gasteiger partial charge in [-0.15, -0.1) is 0 Å². The van der Waals surface area contributed by atoms with E-state index in [9.17, 15) is 9.90 Å². The van der Waals surface area contributed by atoms with Crippen molar-refractivity contribution in [2.45, 2.75) is 39.5 Å². The Labute approximate surface area is 102 Å². The molecule has 0 saturated heterocycles. The van der Waals surface area contributed by atoms with Gasteiger partial charge in [0, 0.05) is 24.3 Å². The molecule has 1 fully saturated rings. The predicted octanol–water partition coefficient (Wildman–Crippen LogP) is 3.16. The van der Waals surface area contributed by atoms with E-state index in [2.05, 4.69) is 11.8 Å². The van der Waals surface area contributed by atoms with E-state index in [0.29, 0.717) is 18.4 Å². The standard InChI is InChI=1S/C15H18O2/c1-10(2)12-6-4-3-5-7-13(15(12)17)14(16)11-8-9-11/h6,10-11,17H,4,7-9H2,1-2H3. The number of ketones is 1. The van der Waals surface area contributed by atoms with Gasteiger partial charge in [-0.3, -0.25) is 4.79 Å². The second-order valence-corrected chi connectivity index (χ2v) is 5.01. The quantitative estimate of drug-likeness (QED) is 0.756. The van der Waals surface area contributed by atoms with E-state index in [1.165, 1.54) is 0 Å². The van der Waals surface area contributed by atoms with Gasteiger partial charge in [0.05, 0.1) is 0 Å². The Kier molecular flexibility index (Phi) is 3.38. The van der Waals surface area contributed by atoms with Gasteiger partial charge in [-0.1, -0.05) is 31.8 Å². The molecule has 90 valence electrons. The SMILES string of the molecule is CC(C)C1=CCC#CCC(C(=O)C2CC2)=C1O. The number of aliphatic hydroxyl groups is 1. The molecular formula is C15H18O2. The van der Waals surface area contributed by atoms with E-state index in [1.807, 2.05) is 19.9 Å². The lowest BCUT2D eigenvalue weighted by molar-refractivity contribution is -0.116. The molecule has 0 aromatic carbocycles. The first-order valence-corrected chi connectivity index (χ1v) is 6.23. The number of aliphatic hydroxyl groups excluding tert-OH is 1. The molecule has 1 saturated carbocycles. The number of allylic oxidation sites excluding steroid dienone is 3. The Hall–Kier alpha value is -1.49. The number of hydrogen-bond donors (Lipinski definition) is 1. The third kappa shape index (κ3) is 2.61. The van der Waals surface area contributed by atoms with Crippen molar-refractivity contribution in [2.24, 2.45) is 11.8 Å². The Bertz CT molecular complexity index is 451. The van der Waals surface area contributed by atoms with Crippen molar-refractivity contribution in [3.8, 4) is 11.8 Å². The average Bonchev–Trinajstić information content (AvgIpc) is 3.06. The highest BCUT2D eigenvalue weighted by Gasteiger charge is 2.33. The number of carbonyl (C=O) groups is 1. The monoisotopic (exact) mass is 230 g/mol. The topological polar surface area (TPSA) is 37.3 Å². The summed E-state index contributed by atoms with van der Waals surface area (Å²) in [5.41, 5.74) is 1.39. The molecule has 0 aromatic heterocycles. The zero-order valence-electron chi connectivity index (χ0n) is 10.4. The van der Waals surface area contributed by atoms with Crippen molar-refractivity contribution < 1.29 is 9.90 Å². The van der Waals surface area contributed by atoms with Gasteiger partial charge >= 0.3 is 0 Å². The maximum Gasteiger partial charge on any atom is 0.166 e. The molecular weight excluding hydrogens is 212 g/mol. The van der Waals surface area contributed by atoms with E-state index in [0.717, 1.165) is 18.4 Å². The maximum absolute atomic E-state index is 12.1. The molecule has 2 rings (SSSR count). The second kappa shape index (κ2) is 4.79. The fraction of sp³-hybridized carbons (Fsp3) is 0.533. The van der Waals surface area contributed by atoms with Crippen LogP contribution in [-0.4, -0.2) is 10.9 Å². The smallest absolute Gasteiger partial charge is 0.166 e. The van der Waals surface area contributed by atoms with Crippen molar-refractivity contribution >= 4 is 5.78 Å². The number of carbonyl (C=O) groups excluding carboxylic acids is 1. The number of Topliss-reactive ketones (excluding diaryl/α,β-unsaturated/α-hetero) is 1. The van der Waals surface area contributed by atoms with Crippen LogP contribution in [0.2, 0.25) is 0 Å². The molecule has 0 amide bonds. The third-order valence-electron chi connectivity index (χ3n) is 3.24. The highest BCUT2D eigenvalue weighted by molar-refractivity contribution is 6.00. The largest absolute Gasteiger partial charge is 0.507 e. The van der Waals surface area contributed by atoms with Gasteiger partial charge in [0.1, 0.15) is 5.76 Å². The lowest BCUT2D eigenvalue weighted by atomic mass is 9.92. The van der Waals surface area contributed by atoms with Crippen LogP contribution < -0.4 is 0 Å². The molecule has 0 spiro atoms. The van der Waals surface area contributed by atoms with Gasteiger partial charge in [-0.25, -0.2) is 0 Å². The van der Waals surface area contributed by atoms with E-state index < -0.39 is 0 Å². The minimum absolute atomic E-state index is 0.102. The van der Waals surface area contributed by atoms with Crippen LogP contribution in [0.1, 0.15) is 39.5 Å². The van der Waals surface area contributed by atoms with E-state index in [4.69, 9.17) is 0 Å². The summed E-state index contributed by atoms with van der Waals surface area (Å²) in [6.45, 7) is 4.05. The van der Waals surface area contributed by atoms with Crippen LogP contribution in [0.3, 0.4) is 0 Å². The molecule has 0 atom stereocenters. The lowest BCUT2D eigenvalue weighted by Gasteiger charge is -2.15. The molecule has 0 aliphatic heterocycles. The van der Waals surface area contributed by atoms with Crippen LogP contribution in [0.5, 0.6) is 0 Å². The Balaban J connectivity index is 2.38. The molecule has 0 unspecified atom stereocenters. The molecule has 0 aromatic rings. The fourth-order valence-electron chi connectivity index (χ4n) is 2.04. The molecule has 2 nitrogen and oxygen atoms in total. The van der Waals surface area contributed by atoms with Gasteiger partial charge in [-0.2, -0.15) is 0 Å². The highest BCUT2D eigenvalue weighted by atomic mass is 16.3. The first-order valence-electron chi connectivity index (χ1n) is 6.23. The molecule has 0 radical (unpaired) electrons. The summed E-state index contributed by atoms with van der Waals surface area (Å²) in [6, 6.07) is 0. The van der Waals surface area contributed by atoms with Gasteiger partial charge in [0.2, 0.25) is 0 Å². The highest BCUT2D eigenvalue weighted by Crippen LogP contribution is 2.35. The van der Waals surface area contributed by atoms with Crippen LogP contribution in [0.4, 0.5) is 0 Å². The van der Waals surface area contributed by atoms with Crippen molar-refractivity contribution in [3.05, 3.63) is 23.0 Å². The minimum atomic E-state index is 0.102. The van der Waals surface area contributed by atoms with Crippen LogP contribution >= 0.6 is 0 Å². The predicted molar refractivity (Wildman–Crippen MR) is 67.3 cm³/mol. The second-order valence-electron chi connectivity index (χ2n) is 5.01. The van der Waals surface area contributed by atoms with Gasteiger partial charge in [0.15, 0.2) is 5.78 Å². The van der Waals surface area contributed by atoms with Crippen molar-refractivity contribution in [3.63, 3.8) is 0 Å². The van der Waals surface area contributed by atoms with Gasteiger partial charge in [-0.05, 0) is 24.3 Å². The lowest BCUT2D eigenvalue weighted by Crippen LogP contribution is -2.11. The van der Waals surface area contributed by atoms with E-state index in [-0.39, 0.29) is 23.4 Å². The Morgan fingerprint density at radius 1 is 1.41 bits per heavy atom. The normalized spacial score (nSPS) is 20.3. The molecule has 0 heterocycles. The van der Waals surface area contributed by atoms with Crippen LogP contribution in [-0.2, 0) is 4.79 Å². The number of hydrogen-bond acceptors (Lipinski definition) is 2. The van der Waals surface area contributed by atoms with E-state index in [1.54, 1.807) is 0 Å². The summed E-state index contributed by atoms with van der Waals surface area (Å²) in [5.74, 6) is 6.62. The molecule has 1 N–H and O–H groups in total. The molecule has 17 heavy (non-hydrogen) atoms. The fourth-order valence-corrected chi connectivity index (χ4v) is 2.04. The molecule has 2 aliphatic rings. The zero-order valence-corrected chi connectivity index (χ0v) is 10.4. The van der Waals surface area contributed by atoms with Crippen molar-refractivity contribution in [1.29, 1.82) is 0 Å². The molecule has 2 aliphatic carbocycles. The summed E-state index contributed by atoms with van der Waals surface area (Å²) in [7, 11) is 0. The molecule has 0 bridgehead atoms. The van der Waals surface area contributed by atoms with Crippen LogP contribution in [0, 0.1) is 23.7 Å². The summed E-state index contributed by atoms with van der Waals surface area (Å²) in [4.78, 5) is 12.1. The number of rotatable bonds is 3. The summed E-state index contributed by atoms with van der Waals surface area (Å²) in [5, 5.41) is 10.3. The van der Waals surface area contributed by atoms with Gasteiger partial charge in [0.25, 0.3) is 0 Å². The van der Waals surface area contributed by atoms with Crippen molar-refractivity contribution in [2.75, 3.05) is 0 Å². The Morgan fingerprint density at radius 2 is 2.12 bits per heavy atom. The molecule has 2 heteroatoms. The first kappa shape index (κ1) is 12.0. The van der Waals surface area contributed by atoms with Crippen molar-refractivity contribution in [1.82, 2.24) is 0 Å². The van der Waals surface area contributed by atoms with Crippen LogP contribution in [0.25, 0.3) is 0 Å². The maximum atomic E-state index is 12.1. The van der Waals surface area contributed by atoms with E-state index >= 15 is 0 Å². The Morgan fingerprint density at radius 3 is 2.71 bits per heavy atom. The minimum Gasteiger partial charge on any atom is -0.507 e. The average molecular weight is 230 g/mol. The van der Waals surface area contributed by atoms with Crippen LogP contribution in [0.15, 0.2) is 23.0 Å². The summed E-state index contributed by atoms with van der Waals surface area (Å²) < 4.78 is 0.